The summed E-state index contributed by atoms with van der Waals surface area (Å²) >= 11 is 0. The topological polar surface area (TPSA) is 127 Å². The molecule has 3 N–H and O–H groups in total. The number of hydrogen-bond acceptors (Lipinski definition) is 6. The fourth-order valence-electron chi connectivity index (χ4n) is 2.63. The molecular formula is C19H19N3O5S. The zero-order chi connectivity index (χ0) is 20.3. The van der Waals surface area contributed by atoms with Crippen LogP contribution >= 0.6 is 0 Å². The van der Waals surface area contributed by atoms with Gasteiger partial charge in [0.2, 0.25) is 15.9 Å². The van der Waals surface area contributed by atoms with Crippen molar-refractivity contribution in [2.45, 2.75) is 17.7 Å². The van der Waals surface area contributed by atoms with Gasteiger partial charge in [-0.05, 0) is 12.1 Å². The minimum absolute atomic E-state index is 0.00203. The van der Waals surface area contributed by atoms with Gasteiger partial charge in [-0.2, -0.15) is 0 Å². The molecule has 1 heterocycles. The molecule has 2 aromatic carbocycles. The summed E-state index contributed by atoms with van der Waals surface area (Å²) in [5, 5.41) is 14.8. The van der Waals surface area contributed by atoms with Gasteiger partial charge in [0, 0.05) is 31.0 Å². The third kappa shape index (κ3) is 4.45. The Morgan fingerprint density at radius 3 is 2.32 bits per heavy atom. The maximum absolute atomic E-state index is 11.6. The molecule has 0 spiro atoms. The quantitative estimate of drug-likeness (QED) is 0.482. The van der Waals surface area contributed by atoms with Crippen LogP contribution in [0.1, 0.15) is 12.3 Å². The minimum atomic E-state index is -3.79. The summed E-state index contributed by atoms with van der Waals surface area (Å²) in [5.74, 6) is 0.377. The molecule has 0 radical (unpaired) electrons. The number of hydroxylamine groups is 2. The van der Waals surface area contributed by atoms with Crippen LogP contribution in [0, 0.1) is 0 Å². The largest absolute Gasteiger partial charge is 0.440 e. The second-order valence-electron chi connectivity index (χ2n) is 6.14. The van der Waals surface area contributed by atoms with Crippen molar-refractivity contribution < 1.29 is 22.8 Å². The van der Waals surface area contributed by atoms with E-state index >= 15 is 0 Å². The van der Waals surface area contributed by atoms with Crippen molar-refractivity contribution in [3.8, 4) is 22.6 Å². The number of rotatable bonds is 6. The van der Waals surface area contributed by atoms with E-state index < -0.39 is 15.9 Å². The number of amides is 1. The van der Waals surface area contributed by atoms with E-state index in [1.54, 1.807) is 12.1 Å². The lowest BCUT2D eigenvalue weighted by molar-refractivity contribution is -0.159. The number of carbonyl (C=O) groups is 1. The first kappa shape index (κ1) is 19.7. The zero-order valence-electron chi connectivity index (χ0n) is 15.1. The van der Waals surface area contributed by atoms with E-state index in [2.05, 4.69) is 4.98 Å². The average molecular weight is 401 g/mol. The Bertz CT molecular complexity index is 1070. The molecule has 146 valence electrons. The van der Waals surface area contributed by atoms with Crippen LogP contribution in [-0.2, 0) is 21.2 Å². The summed E-state index contributed by atoms with van der Waals surface area (Å²) < 4.78 is 28.8. The molecule has 0 unspecified atom stereocenters. The summed E-state index contributed by atoms with van der Waals surface area (Å²) in [6.45, 7) is 0. The second-order valence-corrected chi connectivity index (χ2v) is 7.70. The van der Waals surface area contributed by atoms with Crippen LogP contribution in [0.25, 0.3) is 22.6 Å². The van der Waals surface area contributed by atoms with Crippen molar-refractivity contribution in [2.75, 3.05) is 7.05 Å². The van der Waals surface area contributed by atoms with E-state index in [9.17, 15) is 18.4 Å². The molecule has 0 saturated heterocycles. The Morgan fingerprint density at radius 2 is 1.75 bits per heavy atom. The SMILES string of the molecule is CN(O)C(=O)CCc1nc(-c2ccc(S(N)(=O)=O)cc2)c(-c2ccccc2)o1. The highest BCUT2D eigenvalue weighted by atomic mass is 32.2. The van der Waals surface area contributed by atoms with Crippen molar-refractivity contribution in [3.05, 3.63) is 60.5 Å². The first-order valence-corrected chi connectivity index (χ1v) is 9.94. The highest BCUT2D eigenvalue weighted by Crippen LogP contribution is 2.33. The number of hydrogen-bond donors (Lipinski definition) is 2. The molecule has 9 heteroatoms. The Morgan fingerprint density at radius 1 is 1.11 bits per heavy atom. The molecule has 3 rings (SSSR count). The number of nitrogens with two attached hydrogens (primary N) is 1. The van der Waals surface area contributed by atoms with Gasteiger partial charge in [-0.3, -0.25) is 10.0 Å². The van der Waals surface area contributed by atoms with E-state index in [4.69, 9.17) is 9.56 Å². The van der Waals surface area contributed by atoms with Crippen LogP contribution in [0.4, 0.5) is 0 Å². The Hall–Kier alpha value is -3.01. The molecule has 0 bridgehead atoms. The molecule has 0 aliphatic rings. The van der Waals surface area contributed by atoms with Gasteiger partial charge in [-0.25, -0.2) is 23.6 Å². The predicted octanol–water partition coefficient (Wildman–Crippen LogP) is 2.44. The van der Waals surface area contributed by atoms with Crippen LogP contribution in [0.5, 0.6) is 0 Å². The van der Waals surface area contributed by atoms with Crippen LogP contribution in [0.15, 0.2) is 63.9 Å². The van der Waals surface area contributed by atoms with Gasteiger partial charge in [0.05, 0.1) is 4.90 Å². The summed E-state index contributed by atoms with van der Waals surface area (Å²) in [7, 11) is -2.54. The van der Waals surface area contributed by atoms with Gasteiger partial charge in [0.15, 0.2) is 11.7 Å². The number of aromatic nitrogens is 1. The number of aryl methyl sites for hydroxylation is 1. The molecule has 0 aliphatic heterocycles. The van der Waals surface area contributed by atoms with Gasteiger partial charge in [0.25, 0.3) is 0 Å². The van der Waals surface area contributed by atoms with Crippen LogP contribution in [0.2, 0.25) is 0 Å². The lowest BCUT2D eigenvalue weighted by Gasteiger charge is -2.05. The molecule has 0 atom stereocenters. The van der Waals surface area contributed by atoms with Crippen molar-refractivity contribution in [3.63, 3.8) is 0 Å². The maximum atomic E-state index is 11.6. The molecule has 8 nitrogen and oxygen atoms in total. The Labute approximate surface area is 162 Å². The van der Waals surface area contributed by atoms with Gasteiger partial charge in [-0.1, -0.05) is 42.5 Å². The molecule has 1 amide bonds. The molecule has 0 saturated carbocycles. The number of primary sulfonamides is 1. The molecule has 3 aromatic rings. The van der Waals surface area contributed by atoms with Crippen molar-refractivity contribution in [2.24, 2.45) is 5.14 Å². The summed E-state index contributed by atoms with van der Waals surface area (Å²) in [6, 6.07) is 15.3. The van der Waals surface area contributed by atoms with E-state index in [0.717, 1.165) is 5.56 Å². The van der Waals surface area contributed by atoms with Gasteiger partial charge < -0.3 is 4.42 Å². The lowest BCUT2D eigenvalue weighted by Crippen LogP contribution is -2.22. The van der Waals surface area contributed by atoms with Crippen LogP contribution < -0.4 is 5.14 Å². The predicted molar refractivity (Wildman–Crippen MR) is 102 cm³/mol. The van der Waals surface area contributed by atoms with Crippen LogP contribution in [0.3, 0.4) is 0 Å². The third-order valence-electron chi connectivity index (χ3n) is 4.08. The second kappa shape index (κ2) is 7.93. The number of carbonyl (C=O) groups excluding carboxylic acids is 1. The van der Waals surface area contributed by atoms with Crippen molar-refractivity contribution in [1.82, 2.24) is 10.0 Å². The first-order chi connectivity index (χ1) is 13.3. The number of nitrogens with zero attached hydrogens (tertiary/aromatic N) is 2. The lowest BCUT2D eigenvalue weighted by atomic mass is 10.1. The van der Waals surface area contributed by atoms with E-state index in [1.165, 1.54) is 19.2 Å². The fraction of sp³-hybridized carbons (Fsp3) is 0.158. The molecule has 28 heavy (non-hydrogen) atoms. The molecule has 0 aliphatic carbocycles. The minimum Gasteiger partial charge on any atom is -0.440 e. The Balaban J connectivity index is 2.00. The molecule has 0 fully saturated rings. The van der Waals surface area contributed by atoms with E-state index in [1.807, 2.05) is 30.3 Å². The van der Waals surface area contributed by atoms with E-state index in [0.29, 0.717) is 28.0 Å². The average Bonchev–Trinajstić information content (AvgIpc) is 3.10. The summed E-state index contributed by atoms with van der Waals surface area (Å²) in [6.07, 6.45) is 0.240. The van der Waals surface area contributed by atoms with E-state index in [-0.39, 0.29) is 17.7 Å². The fourth-order valence-corrected chi connectivity index (χ4v) is 3.15. The third-order valence-corrected chi connectivity index (χ3v) is 5.01. The Kier molecular flexibility index (Phi) is 5.59. The van der Waals surface area contributed by atoms with Gasteiger partial charge >= 0.3 is 0 Å². The summed E-state index contributed by atoms with van der Waals surface area (Å²) in [5.41, 5.74) is 1.95. The number of benzene rings is 2. The normalized spacial score (nSPS) is 11.4. The maximum Gasteiger partial charge on any atom is 0.246 e. The number of sulfonamides is 1. The smallest absolute Gasteiger partial charge is 0.246 e. The zero-order valence-corrected chi connectivity index (χ0v) is 15.9. The highest BCUT2D eigenvalue weighted by Gasteiger charge is 2.19. The van der Waals surface area contributed by atoms with Gasteiger partial charge in [0.1, 0.15) is 5.69 Å². The molecule has 1 aromatic heterocycles. The monoisotopic (exact) mass is 401 g/mol. The number of oxazole rings is 1. The van der Waals surface area contributed by atoms with Crippen molar-refractivity contribution in [1.29, 1.82) is 0 Å². The van der Waals surface area contributed by atoms with Gasteiger partial charge in [-0.15, -0.1) is 0 Å². The summed E-state index contributed by atoms with van der Waals surface area (Å²) in [4.78, 5) is 16.1. The van der Waals surface area contributed by atoms with Crippen LogP contribution in [-0.4, -0.2) is 36.6 Å². The standard InChI is InChI=1S/C19H19N3O5S/c1-22(24)17(23)12-11-16-21-18(19(27-16)14-5-3-2-4-6-14)13-7-9-15(10-8-13)28(20,25)26/h2-10,24H,11-12H2,1H3,(H2,20,25,26). The molecular weight excluding hydrogens is 382 g/mol. The highest BCUT2D eigenvalue weighted by molar-refractivity contribution is 7.89. The van der Waals surface area contributed by atoms with Crippen molar-refractivity contribution >= 4 is 15.9 Å². The first-order valence-electron chi connectivity index (χ1n) is 8.39.